The molecule has 0 saturated carbocycles. The van der Waals surface area contributed by atoms with Gasteiger partial charge in [-0.3, -0.25) is 4.79 Å². The SMILES string of the molecule is NCc1nc(CC(=O)Nc2ccccn2)cs1. The molecule has 2 heterocycles. The van der Waals surface area contributed by atoms with E-state index in [-0.39, 0.29) is 12.3 Å². The van der Waals surface area contributed by atoms with Crippen LogP contribution in [0.25, 0.3) is 0 Å². The second-order valence-electron chi connectivity index (χ2n) is 3.38. The van der Waals surface area contributed by atoms with Gasteiger partial charge in [-0.2, -0.15) is 0 Å². The molecule has 2 rings (SSSR count). The van der Waals surface area contributed by atoms with E-state index in [0.29, 0.717) is 12.4 Å². The highest BCUT2D eigenvalue weighted by atomic mass is 32.1. The van der Waals surface area contributed by atoms with Crippen LogP contribution in [0.3, 0.4) is 0 Å². The van der Waals surface area contributed by atoms with Gasteiger partial charge in [-0.15, -0.1) is 11.3 Å². The van der Waals surface area contributed by atoms with Crippen LogP contribution in [0.4, 0.5) is 5.82 Å². The molecule has 0 saturated heterocycles. The summed E-state index contributed by atoms with van der Waals surface area (Å²) in [6.07, 6.45) is 1.87. The predicted octanol–water partition coefficient (Wildman–Crippen LogP) is 1.18. The number of nitrogens with one attached hydrogen (secondary N) is 1. The number of nitrogens with zero attached hydrogens (tertiary/aromatic N) is 2. The zero-order valence-corrected chi connectivity index (χ0v) is 9.91. The average Bonchev–Trinajstić information content (AvgIpc) is 2.78. The largest absolute Gasteiger partial charge is 0.325 e. The molecule has 0 aliphatic heterocycles. The molecule has 1 amide bonds. The number of pyridine rings is 1. The van der Waals surface area contributed by atoms with Gasteiger partial charge in [0.15, 0.2) is 0 Å². The Morgan fingerprint density at radius 1 is 1.47 bits per heavy atom. The van der Waals surface area contributed by atoms with Gasteiger partial charge >= 0.3 is 0 Å². The third-order valence-electron chi connectivity index (χ3n) is 2.05. The molecule has 0 radical (unpaired) electrons. The van der Waals surface area contributed by atoms with Crippen LogP contribution in [-0.4, -0.2) is 15.9 Å². The van der Waals surface area contributed by atoms with Gasteiger partial charge in [-0.1, -0.05) is 6.07 Å². The molecule has 0 aliphatic rings. The van der Waals surface area contributed by atoms with Gasteiger partial charge in [-0.05, 0) is 12.1 Å². The first-order chi connectivity index (χ1) is 8.28. The van der Waals surface area contributed by atoms with E-state index in [9.17, 15) is 4.79 Å². The van der Waals surface area contributed by atoms with Crippen molar-refractivity contribution in [1.82, 2.24) is 9.97 Å². The average molecular weight is 248 g/mol. The van der Waals surface area contributed by atoms with Crippen molar-refractivity contribution in [3.63, 3.8) is 0 Å². The normalized spacial score (nSPS) is 10.2. The van der Waals surface area contributed by atoms with E-state index in [2.05, 4.69) is 15.3 Å². The number of hydrogen-bond acceptors (Lipinski definition) is 5. The Kier molecular flexibility index (Phi) is 3.79. The van der Waals surface area contributed by atoms with Crippen LogP contribution in [0, 0.1) is 0 Å². The van der Waals surface area contributed by atoms with Gasteiger partial charge in [-0.25, -0.2) is 9.97 Å². The van der Waals surface area contributed by atoms with Crippen LogP contribution in [0.1, 0.15) is 10.7 Å². The first-order valence-electron chi connectivity index (χ1n) is 5.12. The molecule has 0 spiro atoms. The van der Waals surface area contributed by atoms with Crippen LogP contribution in [-0.2, 0) is 17.8 Å². The summed E-state index contributed by atoms with van der Waals surface area (Å²) in [4.78, 5) is 19.9. The smallest absolute Gasteiger partial charge is 0.231 e. The summed E-state index contributed by atoms with van der Waals surface area (Å²) in [6, 6.07) is 5.35. The summed E-state index contributed by atoms with van der Waals surface area (Å²) in [6.45, 7) is 0.409. The van der Waals surface area contributed by atoms with Gasteiger partial charge < -0.3 is 11.1 Å². The third kappa shape index (κ3) is 3.33. The molecule has 0 aromatic carbocycles. The van der Waals surface area contributed by atoms with Crippen molar-refractivity contribution in [2.24, 2.45) is 5.73 Å². The van der Waals surface area contributed by atoms with Crippen molar-refractivity contribution < 1.29 is 4.79 Å². The molecular formula is C11H12N4OS. The number of anilines is 1. The molecule has 0 fully saturated rings. The van der Waals surface area contributed by atoms with Crippen LogP contribution in [0.15, 0.2) is 29.8 Å². The fourth-order valence-corrected chi connectivity index (χ4v) is 1.99. The molecule has 0 unspecified atom stereocenters. The van der Waals surface area contributed by atoms with E-state index in [1.54, 1.807) is 18.3 Å². The number of carbonyl (C=O) groups is 1. The van der Waals surface area contributed by atoms with Gasteiger partial charge in [0.05, 0.1) is 12.1 Å². The van der Waals surface area contributed by atoms with E-state index >= 15 is 0 Å². The van der Waals surface area contributed by atoms with Crippen molar-refractivity contribution in [1.29, 1.82) is 0 Å². The standard InChI is InChI=1S/C11H12N4OS/c12-6-11-14-8(7-17-11)5-10(16)15-9-3-1-2-4-13-9/h1-4,7H,5-6,12H2,(H,13,15,16). The zero-order chi connectivity index (χ0) is 12.1. The lowest BCUT2D eigenvalue weighted by Gasteiger charge is -2.01. The molecule has 2 aromatic rings. The molecule has 0 bridgehead atoms. The predicted molar refractivity (Wildman–Crippen MR) is 66.6 cm³/mol. The summed E-state index contributed by atoms with van der Waals surface area (Å²) in [5, 5.41) is 5.39. The van der Waals surface area contributed by atoms with Gasteiger partial charge in [0.25, 0.3) is 0 Å². The summed E-state index contributed by atoms with van der Waals surface area (Å²) in [7, 11) is 0. The Bertz CT molecular complexity index is 497. The highest BCUT2D eigenvalue weighted by Gasteiger charge is 2.07. The maximum atomic E-state index is 11.7. The maximum Gasteiger partial charge on any atom is 0.231 e. The van der Waals surface area contributed by atoms with E-state index in [4.69, 9.17) is 5.73 Å². The van der Waals surface area contributed by atoms with Crippen molar-refractivity contribution in [2.45, 2.75) is 13.0 Å². The van der Waals surface area contributed by atoms with Crippen LogP contribution in [0.5, 0.6) is 0 Å². The zero-order valence-electron chi connectivity index (χ0n) is 9.09. The molecule has 0 atom stereocenters. The Hall–Kier alpha value is -1.79. The van der Waals surface area contributed by atoms with Gasteiger partial charge in [0.2, 0.25) is 5.91 Å². The number of aromatic nitrogens is 2. The molecule has 17 heavy (non-hydrogen) atoms. The van der Waals surface area contributed by atoms with Gasteiger partial charge in [0.1, 0.15) is 10.8 Å². The highest BCUT2D eigenvalue weighted by Crippen LogP contribution is 2.10. The molecule has 88 valence electrons. The monoisotopic (exact) mass is 248 g/mol. The fraction of sp³-hybridized carbons (Fsp3) is 0.182. The van der Waals surface area contributed by atoms with Crippen molar-refractivity contribution in [3.8, 4) is 0 Å². The van der Waals surface area contributed by atoms with E-state index in [1.807, 2.05) is 11.4 Å². The second kappa shape index (κ2) is 5.51. The van der Waals surface area contributed by atoms with Crippen LogP contribution >= 0.6 is 11.3 Å². The minimum atomic E-state index is -0.127. The number of rotatable bonds is 4. The maximum absolute atomic E-state index is 11.7. The number of nitrogens with two attached hydrogens (primary N) is 1. The van der Waals surface area contributed by atoms with Crippen molar-refractivity contribution in [3.05, 3.63) is 40.5 Å². The second-order valence-corrected chi connectivity index (χ2v) is 4.32. The quantitative estimate of drug-likeness (QED) is 0.851. The Labute approximate surface area is 103 Å². The van der Waals surface area contributed by atoms with E-state index < -0.39 is 0 Å². The lowest BCUT2D eigenvalue weighted by atomic mass is 10.3. The van der Waals surface area contributed by atoms with Crippen LogP contribution in [0.2, 0.25) is 0 Å². The summed E-state index contributed by atoms with van der Waals surface area (Å²) >= 11 is 1.47. The van der Waals surface area contributed by atoms with Crippen molar-refractivity contribution >= 4 is 23.1 Å². The van der Waals surface area contributed by atoms with Gasteiger partial charge in [0, 0.05) is 18.1 Å². The Morgan fingerprint density at radius 2 is 2.35 bits per heavy atom. The lowest BCUT2D eigenvalue weighted by molar-refractivity contribution is -0.115. The van der Waals surface area contributed by atoms with Crippen molar-refractivity contribution in [2.75, 3.05) is 5.32 Å². The molecule has 6 heteroatoms. The lowest BCUT2D eigenvalue weighted by Crippen LogP contribution is -2.15. The number of hydrogen-bond donors (Lipinski definition) is 2. The first kappa shape index (κ1) is 11.7. The summed E-state index contributed by atoms with van der Waals surface area (Å²) in [5.41, 5.74) is 6.19. The Balaban J connectivity index is 1.93. The summed E-state index contributed by atoms with van der Waals surface area (Å²) in [5.74, 6) is 0.421. The molecule has 0 aliphatic carbocycles. The first-order valence-corrected chi connectivity index (χ1v) is 6.00. The molecule has 2 aromatic heterocycles. The summed E-state index contributed by atoms with van der Waals surface area (Å²) < 4.78 is 0. The van der Waals surface area contributed by atoms with E-state index in [0.717, 1.165) is 10.7 Å². The fourth-order valence-electron chi connectivity index (χ4n) is 1.31. The number of thiazole rings is 1. The molecular weight excluding hydrogens is 236 g/mol. The third-order valence-corrected chi connectivity index (χ3v) is 2.97. The molecule has 3 N–H and O–H groups in total. The number of carbonyl (C=O) groups excluding carboxylic acids is 1. The minimum Gasteiger partial charge on any atom is -0.325 e. The van der Waals surface area contributed by atoms with E-state index in [1.165, 1.54) is 11.3 Å². The molecule has 5 nitrogen and oxygen atoms in total. The Morgan fingerprint density at radius 3 is 3.00 bits per heavy atom. The van der Waals surface area contributed by atoms with Crippen LogP contribution < -0.4 is 11.1 Å². The topological polar surface area (TPSA) is 80.9 Å². The minimum absolute atomic E-state index is 0.127. The highest BCUT2D eigenvalue weighted by molar-refractivity contribution is 7.09. The number of amides is 1.